The maximum Gasteiger partial charge on any atom is 0.190 e. The van der Waals surface area contributed by atoms with Crippen LogP contribution in [0.25, 0.3) is 0 Å². The van der Waals surface area contributed by atoms with Gasteiger partial charge in [-0.2, -0.15) is 5.10 Å². The summed E-state index contributed by atoms with van der Waals surface area (Å²) < 4.78 is 2.07. The number of nitrogens with one attached hydrogen (secondary N) is 2. The van der Waals surface area contributed by atoms with E-state index in [1.165, 1.54) is 11.3 Å². The van der Waals surface area contributed by atoms with E-state index in [9.17, 15) is 0 Å². The Hall–Kier alpha value is -2.30. The number of hydrogen-bond donors (Lipinski definition) is 2. The summed E-state index contributed by atoms with van der Waals surface area (Å²) in [6.07, 6.45) is 1.01. The van der Waals surface area contributed by atoms with Gasteiger partial charge in [0, 0.05) is 38.3 Å². The predicted octanol–water partition coefficient (Wildman–Crippen LogP) is 3.49. The number of aryl methyl sites for hydroxylation is 3. The van der Waals surface area contributed by atoms with Crippen molar-refractivity contribution < 1.29 is 0 Å². The van der Waals surface area contributed by atoms with Crippen LogP contribution in [-0.2, 0) is 6.54 Å². The molecule has 1 aromatic carbocycles. The van der Waals surface area contributed by atoms with Gasteiger partial charge in [0.15, 0.2) is 5.96 Å². The molecule has 5 nitrogen and oxygen atoms in total. The topological polar surface area (TPSA) is 54.2 Å². The zero-order valence-corrected chi connectivity index (χ0v) is 16.8. The molecule has 0 spiro atoms. The Bertz CT molecular complexity index is 688. The molecule has 0 aliphatic heterocycles. The molecule has 1 aromatic heterocycles. The first-order valence-corrected chi connectivity index (χ1v) is 9.51. The molecule has 1 unspecified atom stereocenters. The molecular weight excluding hydrogens is 322 g/mol. The SMILES string of the molecule is CN=C(NCCCn1nc(C)cc1C)NCC(c1ccccc1)C(C)C. The fourth-order valence-electron chi connectivity index (χ4n) is 3.20. The van der Waals surface area contributed by atoms with E-state index in [1.807, 2.05) is 14.0 Å². The Morgan fingerprint density at radius 1 is 1.15 bits per heavy atom. The molecule has 1 heterocycles. The van der Waals surface area contributed by atoms with Crippen LogP contribution in [0.5, 0.6) is 0 Å². The molecule has 142 valence electrons. The van der Waals surface area contributed by atoms with E-state index < -0.39 is 0 Å². The van der Waals surface area contributed by atoms with Crippen LogP contribution in [0, 0.1) is 19.8 Å². The molecule has 2 aromatic rings. The lowest BCUT2D eigenvalue weighted by atomic mass is 9.88. The molecule has 0 saturated heterocycles. The van der Waals surface area contributed by atoms with Crippen molar-refractivity contribution in [3.8, 4) is 0 Å². The lowest BCUT2D eigenvalue weighted by Crippen LogP contribution is -2.40. The number of nitrogens with zero attached hydrogens (tertiary/aromatic N) is 3. The van der Waals surface area contributed by atoms with Crippen LogP contribution in [0.4, 0.5) is 0 Å². The Kier molecular flexibility index (Phi) is 7.70. The monoisotopic (exact) mass is 355 g/mol. The molecule has 2 N–H and O–H groups in total. The standard InChI is InChI=1S/C21H33N5/c1-16(2)20(19-10-7-6-8-11-19)15-24-21(22-5)23-12-9-13-26-18(4)14-17(3)25-26/h6-8,10-11,14,16,20H,9,12-13,15H2,1-5H3,(H2,22,23,24). The lowest BCUT2D eigenvalue weighted by Gasteiger charge is -2.23. The summed E-state index contributed by atoms with van der Waals surface area (Å²) in [5.41, 5.74) is 3.66. The third kappa shape index (κ3) is 5.90. The minimum absolute atomic E-state index is 0.462. The second-order valence-corrected chi connectivity index (χ2v) is 7.14. The third-order valence-corrected chi connectivity index (χ3v) is 4.69. The summed E-state index contributed by atoms with van der Waals surface area (Å²) in [7, 11) is 1.82. The van der Waals surface area contributed by atoms with Crippen LogP contribution in [-0.4, -0.2) is 35.9 Å². The first-order valence-electron chi connectivity index (χ1n) is 9.51. The number of aromatic nitrogens is 2. The van der Waals surface area contributed by atoms with E-state index >= 15 is 0 Å². The van der Waals surface area contributed by atoms with Crippen LogP contribution in [0.2, 0.25) is 0 Å². The molecule has 0 aliphatic carbocycles. The lowest BCUT2D eigenvalue weighted by molar-refractivity contribution is 0.487. The summed E-state index contributed by atoms with van der Waals surface area (Å²) in [5, 5.41) is 11.4. The number of aliphatic imine (C=N–C) groups is 1. The van der Waals surface area contributed by atoms with Crippen molar-refractivity contribution in [1.29, 1.82) is 0 Å². The Balaban J connectivity index is 1.78. The second-order valence-electron chi connectivity index (χ2n) is 7.14. The van der Waals surface area contributed by atoms with Crippen LogP contribution in [0.1, 0.15) is 43.1 Å². The van der Waals surface area contributed by atoms with Crippen LogP contribution < -0.4 is 10.6 Å². The van der Waals surface area contributed by atoms with Gasteiger partial charge in [0.25, 0.3) is 0 Å². The van der Waals surface area contributed by atoms with Crippen molar-refractivity contribution in [2.75, 3.05) is 20.1 Å². The van der Waals surface area contributed by atoms with Crippen molar-refractivity contribution in [1.82, 2.24) is 20.4 Å². The highest BCUT2D eigenvalue weighted by Gasteiger charge is 2.15. The Labute approximate surface area is 157 Å². The zero-order valence-electron chi connectivity index (χ0n) is 16.8. The summed E-state index contributed by atoms with van der Waals surface area (Å²) >= 11 is 0. The molecule has 0 amide bonds. The molecule has 0 saturated carbocycles. The highest BCUT2D eigenvalue weighted by Crippen LogP contribution is 2.23. The fraction of sp³-hybridized carbons (Fsp3) is 0.524. The van der Waals surface area contributed by atoms with Crippen molar-refractivity contribution in [3.63, 3.8) is 0 Å². The van der Waals surface area contributed by atoms with Gasteiger partial charge >= 0.3 is 0 Å². The van der Waals surface area contributed by atoms with Crippen molar-refractivity contribution in [2.45, 2.75) is 46.6 Å². The van der Waals surface area contributed by atoms with Gasteiger partial charge in [0.2, 0.25) is 0 Å². The van der Waals surface area contributed by atoms with E-state index in [0.717, 1.165) is 37.7 Å². The molecule has 0 aliphatic rings. The Morgan fingerprint density at radius 3 is 2.46 bits per heavy atom. The number of benzene rings is 1. The minimum Gasteiger partial charge on any atom is -0.356 e. The van der Waals surface area contributed by atoms with Gasteiger partial charge in [-0.3, -0.25) is 9.67 Å². The van der Waals surface area contributed by atoms with E-state index in [0.29, 0.717) is 11.8 Å². The highest BCUT2D eigenvalue weighted by atomic mass is 15.3. The van der Waals surface area contributed by atoms with E-state index in [2.05, 4.69) is 82.6 Å². The van der Waals surface area contributed by atoms with Gasteiger partial charge in [0.1, 0.15) is 0 Å². The normalized spacial score (nSPS) is 13.1. The van der Waals surface area contributed by atoms with Gasteiger partial charge in [-0.15, -0.1) is 0 Å². The number of hydrogen-bond acceptors (Lipinski definition) is 2. The molecule has 5 heteroatoms. The molecule has 26 heavy (non-hydrogen) atoms. The summed E-state index contributed by atoms with van der Waals surface area (Å²) in [4.78, 5) is 4.35. The second kappa shape index (κ2) is 10.00. The maximum absolute atomic E-state index is 4.50. The van der Waals surface area contributed by atoms with Gasteiger partial charge in [-0.1, -0.05) is 44.2 Å². The van der Waals surface area contributed by atoms with E-state index in [4.69, 9.17) is 0 Å². The van der Waals surface area contributed by atoms with Gasteiger partial charge < -0.3 is 10.6 Å². The number of guanidine groups is 1. The highest BCUT2D eigenvalue weighted by molar-refractivity contribution is 5.79. The average molecular weight is 356 g/mol. The largest absolute Gasteiger partial charge is 0.356 e. The van der Waals surface area contributed by atoms with Crippen molar-refractivity contribution in [3.05, 3.63) is 53.3 Å². The number of rotatable bonds is 8. The quantitative estimate of drug-likeness (QED) is 0.433. The predicted molar refractivity (Wildman–Crippen MR) is 110 cm³/mol. The zero-order chi connectivity index (χ0) is 18.9. The van der Waals surface area contributed by atoms with Gasteiger partial charge in [-0.05, 0) is 37.8 Å². The summed E-state index contributed by atoms with van der Waals surface area (Å²) in [6, 6.07) is 12.8. The first kappa shape index (κ1) is 20.0. The smallest absolute Gasteiger partial charge is 0.190 e. The first-order chi connectivity index (χ1) is 12.5. The van der Waals surface area contributed by atoms with Gasteiger partial charge in [0.05, 0.1) is 5.69 Å². The molecule has 0 fully saturated rings. The van der Waals surface area contributed by atoms with Crippen LogP contribution in [0.15, 0.2) is 41.4 Å². The van der Waals surface area contributed by atoms with Crippen LogP contribution in [0.3, 0.4) is 0 Å². The molecular formula is C21H33N5. The fourth-order valence-corrected chi connectivity index (χ4v) is 3.20. The molecule has 1 atom stereocenters. The van der Waals surface area contributed by atoms with E-state index in [-0.39, 0.29) is 0 Å². The minimum atomic E-state index is 0.462. The summed E-state index contributed by atoms with van der Waals surface area (Å²) in [5.74, 6) is 1.89. The Morgan fingerprint density at radius 2 is 1.88 bits per heavy atom. The molecule has 0 radical (unpaired) electrons. The third-order valence-electron chi connectivity index (χ3n) is 4.69. The molecule has 2 rings (SSSR count). The van der Waals surface area contributed by atoms with Gasteiger partial charge in [-0.25, -0.2) is 0 Å². The summed E-state index contributed by atoms with van der Waals surface area (Å²) in [6.45, 7) is 11.3. The van der Waals surface area contributed by atoms with E-state index in [1.54, 1.807) is 0 Å². The average Bonchev–Trinajstić information content (AvgIpc) is 2.95. The maximum atomic E-state index is 4.50. The van der Waals surface area contributed by atoms with Crippen molar-refractivity contribution in [2.24, 2.45) is 10.9 Å². The molecule has 0 bridgehead atoms. The van der Waals surface area contributed by atoms with Crippen LogP contribution >= 0.6 is 0 Å². The van der Waals surface area contributed by atoms with Crippen molar-refractivity contribution >= 4 is 5.96 Å².